The van der Waals surface area contributed by atoms with Crippen LogP contribution in [0.15, 0.2) is 30.3 Å². The van der Waals surface area contributed by atoms with Crippen molar-refractivity contribution in [2.24, 2.45) is 5.92 Å². The molecule has 2 rings (SSSR count). The number of Topliss-reactive ketones (excluding diaryl/α,β-unsaturated/α-hetero) is 1. The topological polar surface area (TPSA) is 60.2 Å². The quantitative estimate of drug-likeness (QED) is 0.365. The summed E-state index contributed by atoms with van der Waals surface area (Å²) in [5, 5.41) is 10.9. The Bertz CT molecular complexity index is 449. The van der Waals surface area contributed by atoms with Gasteiger partial charge in [0.25, 0.3) is 5.50 Å². The Kier molecular flexibility index (Phi) is 3.97. The lowest BCUT2D eigenvalue weighted by molar-refractivity contribution is -0.503. The molecule has 0 bridgehead atoms. The fourth-order valence-corrected chi connectivity index (χ4v) is 2.93. The van der Waals surface area contributed by atoms with Gasteiger partial charge in [-0.05, 0) is 30.0 Å². The molecular weight excluding hydrogens is 254 g/mol. The average Bonchev–Trinajstić information content (AvgIpc) is 2.77. The van der Waals surface area contributed by atoms with Gasteiger partial charge in [0, 0.05) is 17.3 Å². The Morgan fingerprint density at radius 3 is 2.50 bits per heavy atom. The molecule has 0 aliphatic heterocycles. The number of benzene rings is 1. The van der Waals surface area contributed by atoms with Crippen molar-refractivity contribution in [3.63, 3.8) is 0 Å². The molecule has 1 aliphatic carbocycles. The third-order valence-electron chi connectivity index (χ3n) is 3.47. The highest BCUT2D eigenvalue weighted by Gasteiger charge is 2.42. The molecule has 4 nitrogen and oxygen atoms in total. The maximum atomic E-state index is 11.8. The minimum Gasteiger partial charge on any atom is -0.299 e. The summed E-state index contributed by atoms with van der Waals surface area (Å²) < 4.78 is 0. The zero-order chi connectivity index (χ0) is 13.1. The summed E-state index contributed by atoms with van der Waals surface area (Å²) in [5.74, 6) is -0.755. The lowest BCUT2D eigenvalue weighted by atomic mass is 9.84. The number of nitrogens with zero attached hydrogens (tertiary/aromatic N) is 1. The van der Waals surface area contributed by atoms with E-state index in [0.29, 0.717) is 12.8 Å². The third kappa shape index (κ3) is 2.53. The monoisotopic (exact) mass is 267 g/mol. The van der Waals surface area contributed by atoms with Crippen molar-refractivity contribution in [2.45, 2.75) is 30.7 Å². The fraction of sp³-hybridized carbons (Fsp3) is 0.462. The van der Waals surface area contributed by atoms with Crippen LogP contribution in [-0.2, 0) is 4.79 Å². The van der Waals surface area contributed by atoms with Crippen molar-refractivity contribution in [1.82, 2.24) is 0 Å². The largest absolute Gasteiger partial charge is 0.299 e. The molecule has 0 saturated heterocycles. The van der Waals surface area contributed by atoms with Gasteiger partial charge in [-0.2, -0.15) is 0 Å². The average molecular weight is 268 g/mol. The van der Waals surface area contributed by atoms with Gasteiger partial charge in [-0.3, -0.25) is 14.9 Å². The molecule has 0 heterocycles. The van der Waals surface area contributed by atoms with Crippen LogP contribution in [0.4, 0.5) is 0 Å². The minimum absolute atomic E-state index is 0.0938. The summed E-state index contributed by atoms with van der Waals surface area (Å²) in [6.45, 7) is 0. The first-order chi connectivity index (χ1) is 8.61. The van der Waals surface area contributed by atoms with E-state index in [4.69, 9.17) is 11.6 Å². The summed E-state index contributed by atoms with van der Waals surface area (Å²) >= 11 is 5.91. The van der Waals surface area contributed by atoms with Crippen LogP contribution in [0.25, 0.3) is 0 Å². The number of alkyl halides is 1. The van der Waals surface area contributed by atoms with Gasteiger partial charge in [0.1, 0.15) is 5.78 Å². The molecule has 5 heteroatoms. The molecule has 1 aromatic rings. The first kappa shape index (κ1) is 13.0. The summed E-state index contributed by atoms with van der Waals surface area (Å²) in [4.78, 5) is 22.3. The summed E-state index contributed by atoms with van der Waals surface area (Å²) in [5.41, 5.74) is -0.478. The second-order valence-electron chi connectivity index (χ2n) is 4.56. The summed E-state index contributed by atoms with van der Waals surface area (Å²) in [6.07, 6.45) is 2.00. The summed E-state index contributed by atoms with van der Waals surface area (Å²) in [6, 6.07) is 9.06. The highest BCUT2D eigenvalue weighted by molar-refractivity contribution is 6.20. The van der Waals surface area contributed by atoms with Crippen molar-refractivity contribution < 1.29 is 9.72 Å². The van der Waals surface area contributed by atoms with Crippen molar-refractivity contribution in [3.05, 3.63) is 46.0 Å². The van der Waals surface area contributed by atoms with Crippen LogP contribution >= 0.6 is 11.6 Å². The molecular formula is C13H14ClNO3. The number of carbonyl (C=O) groups excluding carboxylic acids is 1. The first-order valence-electron chi connectivity index (χ1n) is 5.96. The molecule has 0 radical (unpaired) electrons. The first-order valence-corrected chi connectivity index (χ1v) is 6.40. The second kappa shape index (κ2) is 5.48. The SMILES string of the molecule is O=C1CCCC1C(c1ccccc1)C(Cl)[N+](=O)[O-]. The molecule has 1 fully saturated rings. The highest BCUT2D eigenvalue weighted by Crippen LogP contribution is 2.39. The van der Waals surface area contributed by atoms with Crippen LogP contribution in [0.2, 0.25) is 0 Å². The van der Waals surface area contributed by atoms with Crippen molar-refractivity contribution in [3.8, 4) is 0 Å². The second-order valence-corrected chi connectivity index (χ2v) is 5.01. The van der Waals surface area contributed by atoms with Crippen molar-refractivity contribution in [2.75, 3.05) is 0 Å². The Morgan fingerprint density at radius 2 is 2.00 bits per heavy atom. The van der Waals surface area contributed by atoms with E-state index in [1.54, 1.807) is 12.1 Å². The molecule has 96 valence electrons. The number of hydrogen-bond donors (Lipinski definition) is 0. The zero-order valence-electron chi connectivity index (χ0n) is 9.79. The smallest absolute Gasteiger partial charge is 0.293 e. The van der Waals surface area contributed by atoms with Crippen molar-refractivity contribution >= 4 is 17.4 Å². The molecule has 18 heavy (non-hydrogen) atoms. The van der Waals surface area contributed by atoms with Gasteiger partial charge >= 0.3 is 0 Å². The van der Waals surface area contributed by atoms with Crippen LogP contribution in [0, 0.1) is 16.0 Å². The van der Waals surface area contributed by atoms with E-state index in [1.807, 2.05) is 18.2 Å². The van der Waals surface area contributed by atoms with Crippen LogP contribution in [0.1, 0.15) is 30.7 Å². The van der Waals surface area contributed by atoms with Gasteiger partial charge in [-0.15, -0.1) is 0 Å². The molecule has 3 atom stereocenters. The van der Waals surface area contributed by atoms with Gasteiger partial charge in [-0.1, -0.05) is 30.3 Å². The van der Waals surface area contributed by atoms with E-state index in [0.717, 1.165) is 12.0 Å². The molecule has 0 aromatic heterocycles. The van der Waals surface area contributed by atoms with Crippen molar-refractivity contribution in [1.29, 1.82) is 0 Å². The van der Waals surface area contributed by atoms with E-state index in [-0.39, 0.29) is 11.7 Å². The lowest BCUT2D eigenvalue weighted by Crippen LogP contribution is -2.30. The number of hydrogen-bond acceptors (Lipinski definition) is 3. The van der Waals surface area contributed by atoms with E-state index >= 15 is 0 Å². The fourth-order valence-electron chi connectivity index (χ4n) is 2.61. The van der Waals surface area contributed by atoms with Crippen LogP contribution in [0.5, 0.6) is 0 Å². The van der Waals surface area contributed by atoms with Crippen LogP contribution in [-0.4, -0.2) is 16.2 Å². The van der Waals surface area contributed by atoms with Gasteiger partial charge in [0.15, 0.2) is 0 Å². The molecule has 1 aromatic carbocycles. The van der Waals surface area contributed by atoms with Gasteiger partial charge in [-0.25, -0.2) is 0 Å². The number of ketones is 1. The van der Waals surface area contributed by atoms with Gasteiger partial charge in [0.05, 0.1) is 5.92 Å². The molecule has 0 N–H and O–H groups in total. The standard InChI is InChI=1S/C13H14ClNO3/c14-13(15(17)18)12(9-5-2-1-3-6-9)10-7-4-8-11(10)16/h1-3,5-6,10,12-13H,4,7-8H2. The van der Waals surface area contributed by atoms with E-state index in [1.165, 1.54) is 0 Å². The Morgan fingerprint density at radius 1 is 1.33 bits per heavy atom. The minimum atomic E-state index is -1.25. The predicted molar refractivity (Wildman–Crippen MR) is 68.2 cm³/mol. The number of halogens is 1. The number of rotatable bonds is 4. The summed E-state index contributed by atoms with van der Waals surface area (Å²) in [7, 11) is 0. The zero-order valence-corrected chi connectivity index (χ0v) is 10.5. The van der Waals surface area contributed by atoms with E-state index < -0.39 is 16.3 Å². The molecule has 3 unspecified atom stereocenters. The normalized spacial score (nSPS) is 22.7. The Balaban J connectivity index is 2.34. The lowest BCUT2D eigenvalue weighted by Gasteiger charge is -2.22. The number of nitro groups is 1. The molecule has 0 amide bonds. The Hall–Kier alpha value is -1.42. The van der Waals surface area contributed by atoms with E-state index in [2.05, 4.69) is 0 Å². The third-order valence-corrected chi connectivity index (χ3v) is 3.90. The van der Waals surface area contributed by atoms with Crippen LogP contribution < -0.4 is 0 Å². The maximum Gasteiger partial charge on any atom is 0.293 e. The molecule has 1 saturated carbocycles. The molecule has 1 aliphatic rings. The van der Waals surface area contributed by atoms with Gasteiger partial charge in [0.2, 0.25) is 0 Å². The predicted octanol–water partition coefficient (Wildman–Crippen LogP) is 2.98. The number of carbonyl (C=O) groups is 1. The molecule has 0 spiro atoms. The maximum absolute atomic E-state index is 11.8. The van der Waals surface area contributed by atoms with E-state index in [9.17, 15) is 14.9 Å². The Labute approximate surface area is 110 Å². The highest BCUT2D eigenvalue weighted by atomic mass is 35.5. The van der Waals surface area contributed by atoms with Gasteiger partial charge < -0.3 is 0 Å². The van der Waals surface area contributed by atoms with Crippen LogP contribution in [0.3, 0.4) is 0 Å².